The largest absolute Gasteiger partial charge is 0.467 e. The van der Waals surface area contributed by atoms with Gasteiger partial charge in [-0.2, -0.15) is 4.98 Å². The van der Waals surface area contributed by atoms with E-state index in [1.165, 1.54) is 0 Å². The van der Waals surface area contributed by atoms with Crippen molar-refractivity contribution >= 4 is 34.4 Å². The Bertz CT molecular complexity index is 1360. The molecule has 0 atom stereocenters. The van der Waals surface area contributed by atoms with Crippen molar-refractivity contribution in [2.45, 2.75) is 13.5 Å². The van der Waals surface area contributed by atoms with Crippen LogP contribution in [0.3, 0.4) is 0 Å². The molecule has 0 aliphatic rings. The number of nitrogen functional groups attached to an aromatic ring is 1. The Morgan fingerprint density at radius 3 is 2.65 bits per heavy atom. The number of rotatable bonds is 5. The number of aryl methyl sites for hydroxylation is 1. The summed E-state index contributed by atoms with van der Waals surface area (Å²) in [4.78, 5) is 9.35. The first kappa shape index (κ1) is 19.1. The first-order valence-electron chi connectivity index (χ1n) is 9.74. The molecule has 0 saturated carbocycles. The van der Waals surface area contributed by atoms with Gasteiger partial charge in [0.15, 0.2) is 5.65 Å². The average Bonchev–Trinajstić information content (AvgIpc) is 3.40. The Kier molecular flexibility index (Phi) is 4.80. The number of anilines is 2. The third-order valence-corrected chi connectivity index (χ3v) is 5.19. The molecule has 0 spiro atoms. The molecule has 8 heteroatoms. The summed E-state index contributed by atoms with van der Waals surface area (Å²) in [6, 6.07) is 19.2. The summed E-state index contributed by atoms with van der Waals surface area (Å²) in [5.74, 6) is 1.69. The van der Waals surface area contributed by atoms with Crippen LogP contribution in [0.4, 0.5) is 11.8 Å². The zero-order valence-corrected chi connectivity index (χ0v) is 17.5. The molecule has 0 bridgehead atoms. The molecule has 0 amide bonds. The van der Waals surface area contributed by atoms with Gasteiger partial charge in [0.2, 0.25) is 5.95 Å². The van der Waals surface area contributed by atoms with Crippen LogP contribution < -0.4 is 11.1 Å². The summed E-state index contributed by atoms with van der Waals surface area (Å²) in [6.07, 6.45) is 1.63. The second kappa shape index (κ2) is 7.77. The molecule has 3 N–H and O–H groups in total. The second-order valence-corrected chi connectivity index (χ2v) is 7.61. The zero-order chi connectivity index (χ0) is 21.4. The lowest BCUT2D eigenvalue weighted by Crippen LogP contribution is -2.04. The fourth-order valence-electron chi connectivity index (χ4n) is 3.44. The third-order valence-electron chi connectivity index (χ3n) is 4.93. The number of furan rings is 1. The number of aromatic nitrogens is 4. The predicted molar refractivity (Wildman–Crippen MR) is 122 cm³/mol. The van der Waals surface area contributed by atoms with Crippen LogP contribution >= 0.6 is 11.6 Å². The summed E-state index contributed by atoms with van der Waals surface area (Å²) >= 11 is 6.09. The zero-order valence-electron chi connectivity index (χ0n) is 16.7. The van der Waals surface area contributed by atoms with Crippen molar-refractivity contribution < 1.29 is 4.42 Å². The highest BCUT2D eigenvalue weighted by molar-refractivity contribution is 6.30. The maximum atomic E-state index is 6.55. The number of benzene rings is 2. The van der Waals surface area contributed by atoms with Crippen LogP contribution in [0, 0.1) is 6.92 Å². The monoisotopic (exact) mass is 430 g/mol. The van der Waals surface area contributed by atoms with E-state index in [9.17, 15) is 0 Å². The van der Waals surface area contributed by atoms with E-state index in [1.807, 2.05) is 67.6 Å². The van der Waals surface area contributed by atoms with Gasteiger partial charge < -0.3 is 15.5 Å². The summed E-state index contributed by atoms with van der Waals surface area (Å²) in [5.41, 5.74) is 10.6. The van der Waals surface area contributed by atoms with Crippen molar-refractivity contribution in [3.8, 4) is 16.9 Å². The van der Waals surface area contributed by atoms with Crippen LogP contribution in [0.5, 0.6) is 0 Å². The van der Waals surface area contributed by atoms with Gasteiger partial charge >= 0.3 is 0 Å². The lowest BCUT2D eigenvalue weighted by Gasteiger charge is -2.08. The normalized spacial score (nSPS) is 11.2. The minimum absolute atomic E-state index is 0.433. The van der Waals surface area contributed by atoms with Crippen LogP contribution in [0.1, 0.15) is 11.3 Å². The molecule has 0 saturated heterocycles. The fraction of sp³-hybridized carbons (Fsp3) is 0.0870. The molecule has 0 unspecified atom stereocenters. The van der Waals surface area contributed by atoms with E-state index in [2.05, 4.69) is 15.4 Å². The minimum atomic E-state index is 0.433. The van der Waals surface area contributed by atoms with Crippen LogP contribution in [0.2, 0.25) is 5.02 Å². The molecule has 154 valence electrons. The lowest BCUT2D eigenvalue weighted by atomic mass is 10.1. The van der Waals surface area contributed by atoms with E-state index in [4.69, 9.17) is 26.7 Å². The van der Waals surface area contributed by atoms with Gasteiger partial charge in [0.25, 0.3) is 0 Å². The smallest absolute Gasteiger partial charge is 0.225 e. The third kappa shape index (κ3) is 3.71. The van der Waals surface area contributed by atoms with Gasteiger partial charge in [-0.3, -0.25) is 0 Å². The van der Waals surface area contributed by atoms with Gasteiger partial charge in [-0.25, -0.2) is 9.67 Å². The van der Waals surface area contributed by atoms with Crippen LogP contribution in [-0.2, 0) is 6.54 Å². The van der Waals surface area contributed by atoms with Crippen molar-refractivity contribution in [3.05, 3.63) is 83.3 Å². The van der Waals surface area contributed by atoms with Crippen molar-refractivity contribution in [2.24, 2.45) is 0 Å². The molecule has 5 rings (SSSR count). The first-order valence-corrected chi connectivity index (χ1v) is 10.1. The van der Waals surface area contributed by atoms with Crippen molar-refractivity contribution in [3.63, 3.8) is 0 Å². The van der Waals surface area contributed by atoms with Gasteiger partial charge in [-0.05, 0) is 48.9 Å². The molecule has 31 heavy (non-hydrogen) atoms. The summed E-state index contributed by atoms with van der Waals surface area (Å²) in [5, 5.41) is 9.22. The molecule has 5 aromatic rings. The molecular weight excluding hydrogens is 412 g/mol. The Balaban J connectivity index is 1.67. The Hall–Kier alpha value is -3.84. The number of nitrogens with one attached hydrogen (secondary N) is 1. The standard InChI is InChI=1S/C23H19ClN6O/c1-14-4-2-5-17(12-14)30-21(25)19-20(15-7-9-16(24)10-8-15)27-23(28-22(19)29-30)26-13-18-6-3-11-31-18/h2-12H,13,25H2,1H3,(H,26,28,29). The highest BCUT2D eigenvalue weighted by Crippen LogP contribution is 2.33. The number of hydrogen-bond acceptors (Lipinski definition) is 6. The highest BCUT2D eigenvalue weighted by Gasteiger charge is 2.19. The highest BCUT2D eigenvalue weighted by atomic mass is 35.5. The Morgan fingerprint density at radius 2 is 1.90 bits per heavy atom. The Labute approximate surface area is 183 Å². The first-order chi connectivity index (χ1) is 15.1. The second-order valence-electron chi connectivity index (χ2n) is 7.17. The van der Waals surface area contributed by atoms with Gasteiger partial charge in [-0.15, -0.1) is 5.10 Å². The molecular formula is C23H19ClN6O. The van der Waals surface area contributed by atoms with Gasteiger partial charge in [-0.1, -0.05) is 35.9 Å². The predicted octanol–water partition coefficient (Wildman–Crippen LogP) is 5.23. The van der Waals surface area contributed by atoms with Crippen LogP contribution in [0.25, 0.3) is 28.0 Å². The molecule has 3 heterocycles. The minimum Gasteiger partial charge on any atom is -0.467 e. The average molecular weight is 431 g/mol. The van der Waals surface area contributed by atoms with E-state index < -0.39 is 0 Å². The van der Waals surface area contributed by atoms with Gasteiger partial charge in [0, 0.05) is 10.6 Å². The maximum absolute atomic E-state index is 6.55. The van der Waals surface area contributed by atoms with Crippen LogP contribution in [0.15, 0.2) is 71.3 Å². The van der Waals surface area contributed by atoms with Crippen molar-refractivity contribution in [1.82, 2.24) is 19.7 Å². The number of hydrogen-bond donors (Lipinski definition) is 2. The Morgan fingerprint density at radius 1 is 1.06 bits per heavy atom. The van der Waals surface area contributed by atoms with Gasteiger partial charge in [0.05, 0.1) is 29.6 Å². The molecule has 0 aliphatic carbocycles. The SMILES string of the molecule is Cc1cccc(-n2nc3nc(NCc4ccco4)nc(-c4ccc(Cl)cc4)c3c2N)c1. The molecule has 7 nitrogen and oxygen atoms in total. The van der Waals surface area contributed by atoms with E-state index in [1.54, 1.807) is 10.9 Å². The molecule has 2 aromatic carbocycles. The van der Waals surface area contributed by atoms with E-state index in [0.29, 0.717) is 40.1 Å². The van der Waals surface area contributed by atoms with Crippen molar-refractivity contribution in [1.29, 1.82) is 0 Å². The van der Waals surface area contributed by atoms with Gasteiger partial charge in [0.1, 0.15) is 11.6 Å². The maximum Gasteiger partial charge on any atom is 0.225 e. The quantitative estimate of drug-likeness (QED) is 0.396. The summed E-state index contributed by atoms with van der Waals surface area (Å²) < 4.78 is 7.09. The summed E-state index contributed by atoms with van der Waals surface area (Å²) in [6.45, 7) is 2.48. The summed E-state index contributed by atoms with van der Waals surface area (Å²) in [7, 11) is 0. The number of nitrogens with two attached hydrogens (primary N) is 1. The number of nitrogens with zero attached hydrogens (tertiary/aromatic N) is 4. The van der Waals surface area contributed by atoms with Crippen LogP contribution in [-0.4, -0.2) is 19.7 Å². The lowest BCUT2D eigenvalue weighted by molar-refractivity contribution is 0.517. The topological polar surface area (TPSA) is 94.8 Å². The molecule has 3 aromatic heterocycles. The molecule has 0 fully saturated rings. The number of fused-ring (bicyclic) bond motifs is 1. The van der Waals surface area contributed by atoms with E-state index in [0.717, 1.165) is 22.6 Å². The van der Waals surface area contributed by atoms with E-state index >= 15 is 0 Å². The van der Waals surface area contributed by atoms with Crippen molar-refractivity contribution in [2.75, 3.05) is 11.1 Å². The fourth-order valence-corrected chi connectivity index (χ4v) is 3.57. The molecule has 0 aliphatic heterocycles. The van der Waals surface area contributed by atoms with E-state index in [-0.39, 0.29) is 0 Å². The number of halogens is 1. The molecule has 0 radical (unpaired) electrons.